The molecule has 0 aromatic heterocycles. The molecule has 0 saturated carbocycles. The van der Waals surface area contributed by atoms with Crippen LogP contribution in [0, 0.1) is 0 Å². The maximum atomic E-state index is 10.6. The van der Waals surface area contributed by atoms with Crippen LogP contribution in [-0.2, 0) is 5.11 Å². The summed E-state index contributed by atoms with van der Waals surface area (Å²) in [7, 11) is 0. The van der Waals surface area contributed by atoms with Crippen LogP contribution >= 0.6 is 11.6 Å². The highest BCUT2D eigenvalue weighted by Gasteiger charge is 2.10. The van der Waals surface area contributed by atoms with Gasteiger partial charge in [-0.1, -0.05) is 36.8 Å². The molecule has 2 heteroatoms. The molecule has 1 aromatic carbocycles. The molecular formula is C14H20ClO. The molecule has 16 heavy (non-hydrogen) atoms. The van der Waals surface area contributed by atoms with Gasteiger partial charge in [0.2, 0.25) is 0 Å². The summed E-state index contributed by atoms with van der Waals surface area (Å²) in [6.07, 6.45) is 5.16. The van der Waals surface area contributed by atoms with E-state index in [-0.39, 0.29) is 6.61 Å². The fourth-order valence-corrected chi connectivity index (χ4v) is 2.21. The van der Waals surface area contributed by atoms with Crippen LogP contribution in [0.25, 0.3) is 0 Å². The van der Waals surface area contributed by atoms with Crippen molar-refractivity contribution >= 4 is 11.6 Å². The van der Waals surface area contributed by atoms with Crippen molar-refractivity contribution in [2.45, 2.75) is 38.0 Å². The van der Waals surface area contributed by atoms with E-state index in [1.807, 2.05) is 6.07 Å². The predicted octanol–water partition coefficient (Wildman–Crippen LogP) is 4.39. The molecule has 0 heterocycles. The lowest BCUT2D eigenvalue weighted by atomic mass is 9.90. The van der Waals surface area contributed by atoms with Crippen LogP contribution in [0.3, 0.4) is 0 Å². The Morgan fingerprint density at radius 1 is 1.00 bits per heavy atom. The molecule has 0 amide bonds. The van der Waals surface area contributed by atoms with Gasteiger partial charge in [-0.05, 0) is 37.2 Å². The first-order valence-electron chi connectivity index (χ1n) is 6.07. The summed E-state index contributed by atoms with van der Waals surface area (Å²) in [6, 6.07) is 10.5. The number of halogens is 1. The number of rotatable bonds is 8. The Morgan fingerprint density at radius 2 is 1.69 bits per heavy atom. The van der Waals surface area contributed by atoms with Crippen LogP contribution in [0.15, 0.2) is 30.3 Å². The first kappa shape index (κ1) is 13.5. The summed E-state index contributed by atoms with van der Waals surface area (Å²) >= 11 is 5.69. The predicted molar refractivity (Wildman–Crippen MR) is 68.5 cm³/mol. The van der Waals surface area contributed by atoms with Crippen molar-refractivity contribution in [3.63, 3.8) is 0 Å². The molecule has 0 aliphatic rings. The Balaban J connectivity index is 2.49. The molecule has 1 atom stereocenters. The maximum Gasteiger partial charge on any atom is 0.0822 e. The second kappa shape index (κ2) is 8.60. The van der Waals surface area contributed by atoms with Gasteiger partial charge in [-0.2, -0.15) is 0 Å². The third kappa shape index (κ3) is 5.00. The standard InChI is InChI=1S/C14H20ClO/c15-11-5-4-9-14(10-6-12-16)13-7-2-1-3-8-13/h1-3,7-8,14H,4-6,9-12H2. The van der Waals surface area contributed by atoms with Gasteiger partial charge in [0.15, 0.2) is 0 Å². The fourth-order valence-electron chi connectivity index (χ4n) is 2.02. The zero-order chi connectivity index (χ0) is 11.6. The highest BCUT2D eigenvalue weighted by Crippen LogP contribution is 2.26. The van der Waals surface area contributed by atoms with Crippen molar-refractivity contribution in [1.82, 2.24) is 0 Å². The number of unbranched alkanes of at least 4 members (excludes halogenated alkanes) is 1. The quantitative estimate of drug-likeness (QED) is 0.474. The Bertz CT molecular complexity index is 261. The second-order valence-electron chi connectivity index (χ2n) is 4.14. The maximum absolute atomic E-state index is 10.6. The molecule has 1 aromatic rings. The summed E-state index contributed by atoms with van der Waals surface area (Å²) in [5.74, 6) is 1.28. The SMILES string of the molecule is [O]CCCC(CCCCCl)c1ccccc1. The molecule has 0 aliphatic heterocycles. The summed E-state index contributed by atoms with van der Waals surface area (Å²) in [4.78, 5) is 0. The minimum absolute atomic E-state index is 0.0405. The summed E-state index contributed by atoms with van der Waals surface area (Å²) in [5, 5.41) is 10.6. The van der Waals surface area contributed by atoms with Crippen molar-refractivity contribution in [1.29, 1.82) is 0 Å². The third-order valence-corrected chi connectivity index (χ3v) is 3.17. The second-order valence-corrected chi connectivity index (χ2v) is 4.52. The minimum Gasteiger partial charge on any atom is -0.237 e. The van der Waals surface area contributed by atoms with Crippen LogP contribution in [0.2, 0.25) is 0 Å². The van der Waals surface area contributed by atoms with Gasteiger partial charge < -0.3 is 0 Å². The lowest BCUT2D eigenvalue weighted by Crippen LogP contribution is -2.00. The molecule has 0 N–H and O–H groups in total. The smallest absolute Gasteiger partial charge is 0.0822 e. The van der Waals surface area contributed by atoms with E-state index in [1.54, 1.807) is 0 Å². The molecule has 0 spiro atoms. The summed E-state index contributed by atoms with van der Waals surface area (Å²) in [6.45, 7) is 0.0405. The van der Waals surface area contributed by atoms with Gasteiger partial charge in [0.25, 0.3) is 0 Å². The van der Waals surface area contributed by atoms with Crippen molar-refractivity contribution in [2.24, 2.45) is 0 Å². The minimum atomic E-state index is 0.0405. The van der Waals surface area contributed by atoms with E-state index in [1.165, 1.54) is 5.56 Å². The van der Waals surface area contributed by atoms with Gasteiger partial charge in [-0.15, -0.1) is 11.6 Å². The average Bonchev–Trinajstić information content (AvgIpc) is 2.35. The lowest BCUT2D eigenvalue weighted by molar-refractivity contribution is 0.183. The number of alkyl halides is 1. The number of hydrogen-bond acceptors (Lipinski definition) is 0. The van der Waals surface area contributed by atoms with E-state index in [9.17, 15) is 5.11 Å². The molecule has 0 saturated heterocycles. The molecule has 89 valence electrons. The Morgan fingerprint density at radius 3 is 2.31 bits per heavy atom. The van der Waals surface area contributed by atoms with Crippen LogP contribution in [0.4, 0.5) is 0 Å². The number of benzene rings is 1. The van der Waals surface area contributed by atoms with Gasteiger partial charge in [-0.25, -0.2) is 5.11 Å². The Kier molecular flexibility index (Phi) is 7.28. The van der Waals surface area contributed by atoms with Gasteiger partial charge in [0, 0.05) is 5.88 Å². The van der Waals surface area contributed by atoms with Crippen molar-refractivity contribution in [2.75, 3.05) is 12.5 Å². The average molecular weight is 240 g/mol. The highest BCUT2D eigenvalue weighted by atomic mass is 35.5. The van der Waals surface area contributed by atoms with Crippen molar-refractivity contribution < 1.29 is 5.11 Å². The van der Waals surface area contributed by atoms with E-state index in [0.29, 0.717) is 5.92 Å². The normalized spacial score (nSPS) is 12.6. The van der Waals surface area contributed by atoms with Crippen LogP contribution in [-0.4, -0.2) is 12.5 Å². The van der Waals surface area contributed by atoms with Gasteiger partial charge >= 0.3 is 0 Å². The zero-order valence-corrected chi connectivity index (χ0v) is 10.5. The topological polar surface area (TPSA) is 19.9 Å². The molecule has 0 fully saturated rings. The van der Waals surface area contributed by atoms with Crippen LogP contribution in [0.1, 0.15) is 43.6 Å². The van der Waals surface area contributed by atoms with E-state index in [2.05, 4.69) is 24.3 Å². The van der Waals surface area contributed by atoms with Crippen molar-refractivity contribution in [3.05, 3.63) is 35.9 Å². The first-order valence-corrected chi connectivity index (χ1v) is 6.61. The molecule has 1 radical (unpaired) electrons. The zero-order valence-electron chi connectivity index (χ0n) is 9.70. The molecular weight excluding hydrogens is 220 g/mol. The monoisotopic (exact) mass is 239 g/mol. The van der Waals surface area contributed by atoms with Gasteiger partial charge in [0.05, 0.1) is 6.61 Å². The summed E-state index contributed by atoms with van der Waals surface area (Å²) in [5.41, 5.74) is 1.37. The molecule has 1 nitrogen and oxygen atoms in total. The summed E-state index contributed by atoms with van der Waals surface area (Å²) < 4.78 is 0. The largest absolute Gasteiger partial charge is 0.237 e. The number of hydrogen-bond donors (Lipinski definition) is 0. The van der Waals surface area contributed by atoms with E-state index < -0.39 is 0 Å². The van der Waals surface area contributed by atoms with E-state index >= 15 is 0 Å². The Hall–Kier alpha value is -0.530. The highest BCUT2D eigenvalue weighted by molar-refractivity contribution is 6.17. The molecule has 0 bridgehead atoms. The van der Waals surface area contributed by atoms with Crippen LogP contribution < -0.4 is 0 Å². The molecule has 0 aliphatic carbocycles. The first-order chi connectivity index (χ1) is 7.88. The van der Waals surface area contributed by atoms with E-state index in [0.717, 1.165) is 38.0 Å². The fraction of sp³-hybridized carbons (Fsp3) is 0.571. The van der Waals surface area contributed by atoms with Crippen LogP contribution in [0.5, 0.6) is 0 Å². The molecule has 1 rings (SSSR count). The third-order valence-electron chi connectivity index (χ3n) is 2.90. The van der Waals surface area contributed by atoms with Crippen molar-refractivity contribution in [3.8, 4) is 0 Å². The van der Waals surface area contributed by atoms with Gasteiger partial charge in [0.1, 0.15) is 0 Å². The van der Waals surface area contributed by atoms with Gasteiger partial charge in [-0.3, -0.25) is 0 Å². The lowest BCUT2D eigenvalue weighted by Gasteiger charge is -2.16. The van der Waals surface area contributed by atoms with E-state index in [4.69, 9.17) is 11.6 Å². The molecule has 1 unspecified atom stereocenters. The Labute approximate surface area is 103 Å².